The van der Waals surface area contributed by atoms with Crippen LogP contribution in [0.15, 0.2) is 23.2 Å². The lowest BCUT2D eigenvalue weighted by atomic mass is 10.2. The van der Waals surface area contributed by atoms with Crippen molar-refractivity contribution in [1.29, 1.82) is 0 Å². The Labute approximate surface area is 142 Å². The first-order chi connectivity index (χ1) is 10.4. The number of nitrogens with zero attached hydrogens (tertiary/aromatic N) is 1. The summed E-state index contributed by atoms with van der Waals surface area (Å²) in [6.07, 6.45) is 0. The average Bonchev–Trinajstić information content (AvgIpc) is 2.92. The molecule has 8 nitrogen and oxygen atoms in total. The van der Waals surface area contributed by atoms with Crippen LogP contribution in [-0.2, 0) is 4.79 Å². The van der Waals surface area contributed by atoms with Crippen molar-refractivity contribution in [2.45, 2.75) is 0 Å². The predicted octanol–water partition coefficient (Wildman–Crippen LogP) is 1.38. The van der Waals surface area contributed by atoms with Gasteiger partial charge in [-0.25, -0.2) is 4.79 Å². The van der Waals surface area contributed by atoms with Crippen LogP contribution in [0.5, 0.6) is 5.75 Å². The summed E-state index contributed by atoms with van der Waals surface area (Å²) in [6.45, 7) is -0.507. The van der Waals surface area contributed by atoms with E-state index in [1.165, 1.54) is 19.2 Å². The van der Waals surface area contributed by atoms with Crippen molar-refractivity contribution in [1.82, 2.24) is 10.3 Å². The van der Waals surface area contributed by atoms with Crippen molar-refractivity contribution in [3.63, 3.8) is 0 Å². The summed E-state index contributed by atoms with van der Waals surface area (Å²) in [6, 6.07) is 4.59. The maximum Gasteiger partial charge on any atom is 0.341 e. The van der Waals surface area contributed by atoms with E-state index < -0.39 is 18.5 Å². The molecular formula is C13H14Cl2N4O4. The molecule has 0 radical (unpaired) electrons. The van der Waals surface area contributed by atoms with Crippen LogP contribution in [0.1, 0.15) is 10.5 Å². The first-order valence-electron chi connectivity index (χ1n) is 6.11. The molecule has 0 saturated carbocycles. The number of nitrogens with one attached hydrogen (secondary N) is 2. The maximum atomic E-state index is 12.0. The Morgan fingerprint density at radius 2 is 2.17 bits per heavy atom. The summed E-state index contributed by atoms with van der Waals surface area (Å²) in [5.74, 6) is -1.37. The van der Waals surface area contributed by atoms with Crippen molar-refractivity contribution in [3.8, 4) is 5.75 Å². The number of guanidine groups is 1. The Morgan fingerprint density at radius 3 is 2.78 bits per heavy atom. The number of H-pyrrole nitrogens is 1. The van der Waals surface area contributed by atoms with Gasteiger partial charge in [0.05, 0.1) is 10.5 Å². The molecule has 0 atom stereocenters. The zero-order chi connectivity index (χ0) is 16.3. The summed E-state index contributed by atoms with van der Waals surface area (Å²) in [7, 11) is 1.44. The third-order valence-corrected chi connectivity index (χ3v) is 3.11. The summed E-state index contributed by atoms with van der Waals surface area (Å²) in [5.41, 5.74) is 6.05. The number of aromatic amines is 1. The van der Waals surface area contributed by atoms with Gasteiger partial charge in [-0.1, -0.05) is 11.6 Å². The standard InChI is InChI=1S/C13H13ClN4O4.ClH/c1-16-13(15)18-12(21)8-4-6-7(14)2-3-9(11(6)17-8)22-5-10(19)20;/h2-4,17H,5H2,1H3,(H,19,20)(H3,15,16,18,21);1H. The summed E-state index contributed by atoms with van der Waals surface area (Å²) >= 11 is 6.07. The molecule has 0 spiro atoms. The van der Waals surface area contributed by atoms with E-state index in [4.69, 9.17) is 27.2 Å². The van der Waals surface area contributed by atoms with E-state index in [9.17, 15) is 9.59 Å². The number of aromatic nitrogens is 1. The van der Waals surface area contributed by atoms with Gasteiger partial charge >= 0.3 is 5.97 Å². The van der Waals surface area contributed by atoms with Gasteiger partial charge in [-0.05, 0) is 18.2 Å². The quantitative estimate of drug-likeness (QED) is 0.483. The van der Waals surface area contributed by atoms with Gasteiger partial charge in [0.2, 0.25) is 0 Å². The molecule has 23 heavy (non-hydrogen) atoms. The molecule has 124 valence electrons. The fourth-order valence-corrected chi connectivity index (χ4v) is 1.99. The topological polar surface area (TPSA) is 130 Å². The predicted molar refractivity (Wildman–Crippen MR) is 88.7 cm³/mol. The molecule has 0 saturated heterocycles. The molecule has 1 heterocycles. The molecule has 1 aromatic carbocycles. The van der Waals surface area contributed by atoms with Gasteiger partial charge in [0.1, 0.15) is 11.4 Å². The van der Waals surface area contributed by atoms with E-state index in [1.54, 1.807) is 6.07 Å². The third kappa shape index (κ3) is 4.27. The Hall–Kier alpha value is -2.45. The molecule has 0 aliphatic rings. The van der Waals surface area contributed by atoms with Crippen molar-refractivity contribution in [3.05, 3.63) is 28.9 Å². The second-order valence-corrected chi connectivity index (χ2v) is 4.67. The molecule has 2 aromatic rings. The number of aliphatic imine (C=N–C) groups is 1. The van der Waals surface area contributed by atoms with Crippen LogP contribution in [0.25, 0.3) is 10.9 Å². The molecule has 1 aromatic heterocycles. The second kappa shape index (κ2) is 7.70. The number of ether oxygens (including phenoxy) is 1. The van der Waals surface area contributed by atoms with Gasteiger partial charge in [-0.3, -0.25) is 15.1 Å². The monoisotopic (exact) mass is 360 g/mol. The van der Waals surface area contributed by atoms with Crippen LogP contribution in [0, 0.1) is 0 Å². The highest BCUT2D eigenvalue weighted by Crippen LogP contribution is 2.31. The number of benzene rings is 1. The molecule has 0 aliphatic heterocycles. The zero-order valence-electron chi connectivity index (χ0n) is 11.9. The molecule has 0 aliphatic carbocycles. The van der Waals surface area contributed by atoms with Crippen LogP contribution in [-0.4, -0.2) is 41.6 Å². The van der Waals surface area contributed by atoms with Gasteiger partial charge in [-0.15, -0.1) is 12.4 Å². The molecule has 1 amide bonds. The molecule has 0 fully saturated rings. The first-order valence-corrected chi connectivity index (χ1v) is 6.49. The van der Waals surface area contributed by atoms with Gasteiger partial charge in [0.15, 0.2) is 12.6 Å². The molecule has 0 bridgehead atoms. The number of carboxylic acids is 1. The minimum Gasteiger partial charge on any atom is -0.480 e. The molecular weight excluding hydrogens is 347 g/mol. The Balaban J connectivity index is 0.00000264. The van der Waals surface area contributed by atoms with E-state index in [0.717, 1.165) is 0 Å². The van der Waals surface area contributed by atoms with E-state index in [0.29, 0.717) is 15.9 Å². The van der Waals surface area contributed by atoms with Crippen LogP contribution in [0.4, 0.5) is 0 Å². The van der Waals surface area contributed by atoms with Crippen molar-refractivity contribution in [2.24, 2.45) is 10.7 Å². The lowest BCUT2D eigenvalue weighted by Crippen LogP contribution is -2.36. The minimum absolute atomic E-state index is 0. The number of aliphatic carboxylic acids is 1. The number of halogens is 2. The number of fused-ring (bicyclic) bond motifs is 1. The van der Waals surface area contributed by atoms with Crippen molar-refractivity contribution >= 4 is 52.7 Å². The zero-order valence-corrected chi connectivity index (χ0v) is 13.5. The average molecular weight is 361 g/mol. The van der Waals surface area contributed by atoms with Crippen LogP contribution in [0.3, 0.4) is 0 Å². The smallest absolute Gasteiger partial charge is 0.341 e. The minimum atomic E-state index is -1.11. The normalized spacial score (nSPS) is 11.0. The highest BCUT2D eigenvalue weighted by molar-refractivity contribution is 6.35. The highest BCUT2D eigenvalue weighted by Gasteiger charge is 2.15. The number of rotatable bonds is 4. The number of carbonyl (C=O) groups is 2. The van der Waals surface area contributed by atoms with Gasteiger partial charge in [0, 0.05) is 12.4 Å². The van der Waals surface area contributed by atoms with Crippen LogP contribution < -0.4 is 15.8 Å². The highest BCUT2D eigenvalue weighted by atomic mass is 35.5. The fraction of sp³-hybridized carbons (Fsp3) is 0.154. The Morgan fingerprint density at radius 1 is 1.48 bits per heavy atom. The SMILES string of the molecule is CN=C(N)NC(=O)c1cc2c(Cl)ccc(OCC(=O)O)c2[nH]1.Cl. The number of carboxylic acid groups (broad SMARTS) is 1. The second-order valence-electron chi connectivity index (χ2n) is 4.26. The van der Waals surface area contributed by atoms with E-state index in [-0.39, 0.29) is 29.8 Å². The Kier molecular flexibility index (Phi) is 6.23. The van der Waals surface area contributed by atoms with Crippen molar-refractivity contribution in [2.75, 3.05) is 13.7 Å². The molecule has 5 N–H and O–H groups in total. The summed E-state index contributed by atoms with van der Waals surface area (Å²) < 4.78 is 5.16. The lowest BCUT2D eigenvalue weighted by molar-refractivity contribution is -0.139. The van der Waals surface area contributed by atoms with E-state index >= 15 is 0 Å². The van der Waals surface area contributed by atoms with Crippen LogP contribution >= 0.6 is 24.0 Å². The largest absolute Gasteiger partial charge is 0.480 e. The van der Waals surface area contributed by atoms with Gasteiger partial charge < -0.3 is 20.6 Å². The maximum absolute atomic E-state index is 12.0. The number of nitrogens with two attached hydrogens (primary N) is 1. The number of hydrogen-bond acceptors (Lipinski definition) is 4. The molecule has 10 heteroatoms. The lowest BCUT2D eigenvalue weighted by Gasteiger charge is -2.05. The number of amides is 1. The van der Waals surface area contributed by atoms with Crippen molar-refractivity contribution < 1.29 is 19.4 Å². The van der Waals surface area contributed by atoms with Gasteiger partial charge in [0.25, 0.3) is 5.91 Å². The number of carbonyl (C=O) groups excluding carboxylic acids is 1. The Bertz CT molecular complexity index is 773. The first kappa shape index (κ1) is 18.6. The van der Waals surface area contributed by atoms with Gasteiger partial charge in [-0.2, -0.15) is 0 Å². The fourth-order valence-electron chi connectivity index (χ4n) is 1.78. The van der Waals surface area contributed by atoms with E-state index in [1.807, 2.05) is 0 Å². The number of hydrogen-bond donors (Lipinski definition) is 4. The van der Waals surface area contributed by atoms with E-state index in [2.05, 4.69) is 15.3 Å². The summed E-state index contributed by atoms with van der Waals surface area (Å²) in [4.78, 5) is 29.0. The van der Waals surface area contributed by atoms with Crippen LogP contribution in [0.2, 0.25) is 5.02 Å². The third-order valence-electron chi connectivity index (χ3n) is 2.78. The molecule has 2 rings (SSSR count). The molecule has 0 unspecified atom stereocenters. The summed E-state index contributed by atoms with van der Waals surface area (Å²) in [5, 5.41) is 12.0.